The van der Waals surface area contributed by atoms with Gasteiger partial charge in [-0.2, -0.15) is 0 Å². The van der Waals surface area contributed by atoms with Gasteiger partial charge < -0.3 is 9.32 Å². The number of hydrogen-bond donors (Lipinski definition) is 0. The fourth-order valence-corrected chi connectivity index (χ4v) is 3.31. The molecule has 3 rings (SSSR count). The molecule has 19 heavy (non-hydrogen) atoms. The van der Waals surface area contributed by atoms with E-state index in [1.807, 2.05) is 23.4 Å². The molecule has 1 fully saturated rings. The Hall–Kier alpha value is -1.62. The molecule has 1 aliphatic carbocycles. The second kappa shape index (κ2) is 5.17. The Kier molecular flexibility index (Phi) is 3.38. The fourth-order valence-electron chi connectivity index (χ4n) is 2.53. The summed E-state index contributed by atoms with van der Waals surface area (Å²) in [6.07, 6.45) is 7.93. The number of thiazole rings is 1. The highest BCUT2D eigenvalue weighted by Crippen LogP contribution is 2.27. The van der Waals surface area contributed by atoms with Crippen molar-refractivity contribution in [1.29, 1.82) is 0 Å². The van der Waals surface area contributed by atoms with Crippen molar-refractivity contribution >= 4 is 17.2 Å². The van der Waals surface area contributed by atoms with Crippen LogP contribution in [-0.4, -0.2) is 28.9 Å². The van der Waals surface area contributed by atoms with E-state index >= 15 is 0 Å². The van der Waals surface area contributed by atoms with Crippen molar-refractivity contribution in [2.75, 3.05) is 7.05 Å². The van der Waals surface area contributed by atoms with Crippen molar-refractivity contribution in [2.45, 2.75) is 31.7 Å². The zero-order chi connectivity index (χ0) is 13.2. The van der Waals surface area contributed by atoms with E-state index in [2.05, 4.69) is 4.98 Å². The summed E-state index contributed by atoms with van der Waals surface area (Å²) in [5, 5.41) is 2.66. The third kappa shape index (κ3) is 2.42. The summed E-state index contributed by atoms with van der Waals surface area (Å²) in [5.74, 6) is 0.0258. The first kappa shape index (κ1) is 12.4. The molecule has 1 amide bonds. The molecule has 0 N–H and O–H groups in total. The standard InChI is InChI=1S/C14H16N2O2S/c1-16(11-4-2-3-5-11)14(17)12-9-19-13(15-12)10-6-7-18-8-10/h6-9,11H,2-5H2,1H3. The highest BCUT2D eigenvalue weighted by molar-refractivity contribution is 7.13. The number of furan rings is 1. The summed E-state index contributed by atoms with van der Waals surface area (Å²) in [6, 6.07) is 2.24. The van der Waals surface area contributed by atoms with E-state index in [0.717, 1.165) is 23.4 Å². The molecule has 0 bridgehead atoms. The molecule has 0 atom stereocenters. The fraction of sp³-hybridized carbons (Fsp3) is 0.429. The maximum atomic E-state index is 12.4. The first-order valence-electron chi connectivity index (χ1n) is 6.51. The molecule has 2 heterocycles. The Morgan fingerprint density at radius 1 is 1.47 bits per heavy atom. The van der Waals surface area contributed by atoms with Gasteiger partial charge in [0.15, 0.2) is 0 Å². The van der Waals surface area contributed by atoms with Crippen molar-refractivity contribution in [1.82, 2.24) is 9.88 Å². The highest BCUT2D eigenvalue weighted by atomic mass is 32.1. The molecule has 0 aliphatic heterocycles. The van der Waals surface area contributed by atoms with Crippen LogP contribution >= 0.6 is 11.3 Å². The molecule has 100 valence electrons. The van der Waals surface area contributed by atoms with Gasteiger partial charge >= 0.3 is 0 Å². The minimum absolute atomic E-state index is 0.0258. The Morgan fingerprint density at radius 2 is 2.26 bits per heavy atom. The van der Waals surface area contributed by atoms with E-state index in [1.54, 1.807) is 12.5 Å². The summed E-state index contributed by atoms with van der Waals surface area (Å²) in [5.41, 5.74) is 1.46. The Balaban J connectivity index is 1.76. The van der Waals surface area contributed by atoms with Gasteiger partial charge in [0.2, 0.25) is 0 Å². The minimum atomic E-state index is 0.0258. The summed E-state index contributed by atoms with van der Waals surface area (Å²) in [4.78, 5) is 18.6. The average molecular weight is 276 g/mol. The first-order valence-corrected chi connectivity index (χ1v) is 7.39. The SMILES string of the molecule is CN(C(=O)c1csc(-c2ccoc2)n1)C1CCCC1. The van der Waals surface area contributed by atoms with Crippen molar-refractivity contribution in [3.8, 4) is 10.6 Å². The number of carbonyl (C=O) groups is 1. The molecule has 1 aliphatic rings. The third-order valence-corrected chi connectivity index (χ3v) is 4.58. The third-order valence-electron chi connectivity index (χ3n) is 3.68. The summed E-state index contributed by atoms with van der Waals surface area (Å²) in [7, 11) is 1.88. The van der Waals surface area contributed by atoms with Crippen LogP contribution in [0.2, 0.25) is 0 Å². The van der Waals surface area contributed by atoms with Gasteiger partial charge in [0, 0.05) is 24.0 Å². The molecule has 4 nitrogen and oxygen atoms in total. The lowest BCUT2D eigenvalue weighted by Crippen LogP contribution is -2.35. The maximum Gasteiger partial charge on any atom is 0.273 e. The minimum Gasteiger partial charge on any atom is -0.472 e. The molecular formula is C14H16N2O2S. The number of rotatable bonds is 3. The van der Waals surface area contributed by atoms with Crippen LogP contribution in [0, 0.1) is 0 Å². The van der Waals surface area contributed by atoms with Crippen LogP contribution in [0.15, 0.2) is 28.4 Å². The number of aromatic nitrogens is 1. The highest BCUT2D eigenvalue weighted by Gasteiger charge is 2.25. The molecule has 0 aromatic carbocycles. The van der Waals surface area contributed by atoms with Crippen LogP contribution in [0.4, 0.5) is 0 Å². The molecular weight excluding hydrogens is 260 g/mol. The van der Waals surface area contributed by atoms with Crippen LogP contribution < -0.4 is 0 Å². The van der Waals surface area contributed by atoms with Crippen LogP contribution in [0.1, 0.15) is 36.2 Å². The van der Waals surface area contributed by atoms with Crippen LogP contribution in [-0.2, 0) is 0 Å². The Bertz CT molecular complexity index is 556. The van der Waals surface area contributed by atoms with Gasteiger partial charge in [0.1, 0.15) is 17.0 Å². The molecule has 5 heteroatoms. The Labute approximate surface area is 116 Å². The van der Waals surface area contributed by atoms with Crippen molar-refractivity contribution in [3.63, 3.8) is 0 Å². The van der Waals surface area contributed by atoms with Gasteiger partial charge in [0.05, 0.1) is 6.26 Å². The number of hydrogen-bond acceptors (Lipinski definition) is 4. The number of nitrogens with zero attached hydrogens (tertiary/aromatic N) is 2. The van der Waals surface area contributed by atoms with Gasteiger partial charge in [-0.05, 0) is 18.9 Å². The van der Waals surface area contributed by atoms with Gasteiger partial charge in [-0.15, -0.1) is 11.3 Å². The van der Waals surface area contributed by atoms with E-state index in [4.69, 9.17) is 4.42 Å². The van der Waals surface area contributed by atoms with Crippen LogP contribution in [0.5, 0.6) is 0 Å². The number of amides is 1. The van der Waals surface area contributed by atoms with Gasteiger partial charge in [-0.3, -0.25) is 4.79 Å². The van der Waals surface area contributed by atoms with Crippen LogP contribution in [0.3, 0.4) is 0 Å². The monoisotopic (exact) mass is 276 g/mol. The topological polar surface area (TPSA) is 46.3 Å². The smallest absolute Gasteiger partial charge is 0.273 e. The van der Waals surface area contributed by atoms with Crippen molar-refractivity contribution < 1.29 is 9.21 Å². The molecule has 2 aromatic rings. The second-order valence-corrected chi connectivity index (χ2v) is 5.76. The first-order chi connectivity index (χ1) is 9.25. The zero-order valence-corrected chi connectivity index (χ0v) is 11.7. The average Bonchev–Trinajstić information content (AvgIpc) is 3.16. The zero-order valence-electron chi connectivity index (χ0n) is 10.8. The molecule has 0 saturated heterocycles. The van der Waals surface area contributed by atoms with Crippen molar-refractivity contribution in [3.05, 3.63) is 29.7 Å². The van der Waals surface area contributed by atoms with Crippen LogP contribution in [0.25, 0.3) is 10.6 Å². The maximum absolute atomic E-state index is 12.4. The van der Waals surface area contributed by atoms with Crippen molar-refractivity contribution in [2.24, 2.45) is 0 Å². The lowest BCUT2D eigenvalue weighted by Gasteiger charge is -2.23. The lowest BCUT2D eigenvalue weighted by atomic mass is 10.2. The summed E-state index contributed by atoms with van der Waals surface area (Å²) < 4.78 is 5.04. The summed E-state index contributed by atoms with van der Waals surface area (Å²) in [6.45, 7) is 0. The van der Waals surface area contributed by atoms with E-state index in [0.29, 0.717) is 11.7 Å². The predicted octanol–water partition coefficient (Wildman–Crippen LogP) is 3.42. The normalized spacial score (nSPS) is 15.8. The van der Waals surface area contributed by atoms with Gasteiger partial charge in [-0.25, -0.2) is 4.98 Å². The molecule has 0 unspecified atom stereocenters. The lowest BCUT2D eigenvalue weighted by molar-refractivity contribution is 0.0730. The number of carbonyl (C=O) groups excluding carboxylic acids is 1. The second-order valence-electron chi connectivity index (χ2n) is 4.90. The van der Waals surface area contributed by atoms with Gasteiger partial charge in [-0.1, -0.05) is 12.8 Å². The van der Waals surface area contributed by atoms with E-state index in [9.17, 15) is 4.79 Å². The van der Waals surface area contributed by atoms with Gasteiger partial charge in [0.25, 0.3) is 5.91 Å². The quantitative estimate of drug-likeness (QED) is 0.863. The predicted molar refractivity (Wildman–Crippen MR) is 74.2 cm³/mol. The largest absolute Gasteiger partial charge is 0.472 e. The molecule has 1 saturated carbocycles. The molecule has 2 aromatic heterocycles. The molecule has 0 spiro atoms. The Morgan fingerprint density at radius 3 is 2.95 bits per heavy atom. The summed E-state index contributed by atoms with van der Waals surface area (Å²) >= 11 is 1.48. The van der Waals surface area contributed by atoms with E-state index in [1.165, 1.54) is 24.2 Å². The van der Waals surface area contributed by atoms with E-state index in [-0.39, 0.29) is 5.91 Å². The van der Waals surface area contributed by atoms with E-state index < -0.39 is 0 Å². The molecule has 0 radical (unpaired) electrons.